The number of benzene rings is 3. The van der Waals surface area contributed by atoms with Gasteiger partial charge in [-0.2, -0.15) is 0 Å². The third kappa shape index (κ3) is 6.67. The van der Waals surface area contributed by atoms with Crippen molar-refractivity contribution < 1.29 is 22.7 Å². The molecule has 0 fully saturated rings. The highest BCUT2D eigenvalue weighted by Gasteiger charge is 2.25. The van der Waals surface area contributed by atoms with Gasteiger partial charge in [-0.1, -0.05) is 54.4 Å². The summed E-state index contributed by atoms with van der Waals surface area (Å²) in [5.74, 6) is -0.684. The number of carbonyl (C=O) groups excluding carboxylic acids is 2. The second-order valence-electron chi connectivity index (χ2n) is 10.2. The van der Waals surface area contributed by atoms with E-state index < -0.39 is 15.9 Å². The van der Waals surface area contributed by atoms with Crippen LogP contribution in [0.1, 0.15) is 46.8 Å². The van der Waals surface area contributed by atoms with Gasteiger partial charge < -0.3 is 19.9 Å². The number of carbonyl (C=O) groups is 2. The third-order valence-corrected chi connectivity index (χ3v) is 9.05. The maximum absolute atomic E-state index is 12.9. The van der Waals surface area contributed by atoms with Crippen molar-refractivity contribution in [2.75, 3.05) is 21.2 Å². The highest BCUT2D eigenvalue weighted by Crippen LogP contribution is 2.40. The largest absolute Gasteiger partial charge is 0.496 e. The number of H-pyrrole nitrogens is 1. The number of hydrogen-bond acceptors (Lipinski definition) is 5. The van der Waals surface area contributed by atoms with E-state index in [2.05, 4.69) is 21.1 Å². The number of hydrogen-bond donors (Lipinski definition) is 3. The second-order valence-corrected chi connectivity index (χ2v) is 12.7. The number of nitrogens with one attached hydrogen (secondary N) is 3. The van der Waals surface area contributed by atoms with Crippen LogP contribution in [0.15, 0.2) is 65.6 Å². The lowest BCUT2D eigenvalue weighted by molar-refractivity contribution is 0.0981. The minimum absolute atomic E-state index is 0.00564. The summed E-state index contributed by atoms with van der Waals surface area (Å²) in [5, 5.41) is 4.36. The highest BCUT2D eigenvalue weighted by molar-refractivity contribution is 7.90. The standard InChI is InChI=1S/C30H32Cl2N4O5S/c1-17(33-30(38)36(3)4)14-19-10-13-24-22(15-19)27(28(32)34-24)18(2)21-12-11-20(16-25(21)41-5)29(37)35-42(39,40)26-9-7-6-8-23(26)31/h6-13,15-18,34H,14H2,1-5H3,(H,33,38)(H,35,37). The number of methoxy groups -OCH3 is 1. The van der Waals surface area contributed by atoms with Crippen molar-refractivity contribution >= 4 is 56.1 Å². The predicted molar refractivity (Wildman–Crippen MR) is 165 cm³/mol. The number of ether oxygens (including phenoxy) is 1. The fraction of sp³-hybridized carbons (Fsp3) is 0.267. The van der Waals surface area contributed by atoms with Gasteiger partial charge >= 0.3 is 6.03 Å². The number of amides is 3. The van der Waals surface area contributed by atoms with Crippen LogP contribution in [0, 0.1) is 0 Å². The van der Waals surface area contributed by atoms with E-state index in [-0.39, 0.29) is 33.5 Å². The molecule has 0 radical (unpaired) electrons. The molecule has 0 aliphatic heterocycles. The first kappa shape index (κ1) is 31.2. The van der Waals surface area contributed by atoms with E-state index in [0.717, 1.165) is 27.6 Å². The Morgan fingerprint density at radius 2 is 1.74 bits per heavy atom. The van der Waals surface area contributed by atoms with Gasteiger partial charge in [-0.15, -0.1) is 0 Å². The maximum atomic E-state index is 12.9. The van der Waals surface area contributed by atoms with Gasteiger partial charge in [-0.3, -0.25) is 4.79 Å². The van der Waals surface area contributed by atoms with Crippen molar-refractivity contribution in [3.63, 3.8) is 0 Å². The molecule has 3 aromatic carbocycles. The molecule has 0 bridgehead atoms. The Labute approximate surface area is 255 Å². The molecule has 12 heteroatoms. The Morgan fingerprint density at radius 1 is 1.02 bits per heavy atom. The van der Waals surface area contributed by atoms with Crippen LogP contribution in [-0.4, -0.2) is 57.5 Å². The van der Waals surface area contributed by atoms with E-state index in [0.29, 0.717) is 17.3 Å². The van der Waals surface area contributed by atoms with Crippen LogP contribution in [0.2, 0.25) is 10.2 Å². The van der Waals surface area contributed by atoms with Crippen LogP contribution in [0.4, 0.5) is 4.79 Å². The first-order chi connectivity index (χ1) is 19.8. The van der Waals surface area contributed by atoms with Gasteiger partial charge in [-0.05, 0) is 55.3 Å². The molecule has 0 saturated carbocycles. The molecule has 0 saturated heterocycles. The zero-order valence-corrected chi connectivity index (χ0v) is 26.1. The van der Waals surface area contributed by atoms with Crippen LogP contribution in [0.25, 0.3) is 10.9 Å². The fourth-order valence-corrected chi connectivity index (χ4v) is 6.65. The normalized spacial score (nSPS) is 12.9. The number of urea groups is 1. The number of rotatable bonds is 9. The molecule has 3 N–H and O–H groups in total. The number of aromatic nitrogens is 1. The molecule has 42 heavy (non-hydrogen) atoms. The van der Waals surface area contributed by atoms with E-state index in [1.54, 1.807) is 26.2 Å². The van der Waals surface area contributed by atoms with Gasteiger partial charge in [0.15, 0.2) is 0 Å². The number of sulfonamides is 1. The molecular formula is C30H32Cl2N4O5S. The van der Waals surface area contributed by atoms with Gasteiger partial charge in [0.1, 0.15) is 15.8 Å². The summed E-state index contributed by atoms with van der Waals surface area (Å²) in [6, 6.07) is 16.4. The molecule has 4 rings (SSSR count). The summed E-state index contributed by atoms with van der Waals surface area (Å²) >= 11 is 12.7. The SMILES string of the molecule is COc1cc(C(=O)NS(=O)(=O)c2ccccc2Cl)ccc1C(C)c1c(Cl)[nH]c2ccc(CC(C)NC(=O)N(C)C)cc12. The average Bonchev–Trinajstić information content (AvgIpc) is 3.26. The Bertz CT molecular complexity index is 1750. The second kappa shape index (κ2) is 12.6. The molecule has 9 nitrogen and oxygen atoms in total. The van der Waals surface area contributed by atoms with Crippen molar-refractivity contribution in [1.82, 2.24) is 19.9 Å². The van der Waals surface area contributed by atoms with Crippen LogP contribution in [0.5, 0.6) is 5.75 Å². The van der Waals surface area contributed by atoms with Gasteiger partial charge in [0.05, 0.1) is 12.1 Å². The summed E-state index contributed by atoms with van der Waals surface area (Å²) < 4.78 is 33.2. The van der Waals surface area contributed by atoms with Crippen LogP contribution < -0.4 is 14.8 Å². The topological polar surface area (TPSA) is 121 Å². The average molecular weight is 632 g/mol. The lowest BCUT2D eigenvalue weighted by Crippen LogP contribution is -2.40. The molecule has 0 aliphatic carbocycles. The van der Waals surface area contributed by atoms with Crippen molar-refractivity contribution in [2.45, 2.75) is 37.1 Å². The predicted octanol–water partition coefficient (Wildman–Crippen LogP) is 5.96. The number of fused-ring (bicyclic) bond motifs is 1. The van der Waals surface area contributed by atoms with E-state index in [1.165, 1.54) is 42.3 Å². The molecule has 3 amide bonds. The van der Waals surface area contributed by atoms with Gasteiger partial charge in [0.2, 0.25) is 0 Å². The van der Waals surface area contributed by atoms with Crippen molar-refractivity contribution in [3.8, 4) is 5.75 Å². The summed E-state index contributed by atoms with van der Waals surface area (Å²) in [6.45, 7) is 3.92. The zero-order chi connectivity index (χ0) is 30.8. The molecule has 0 spiro atoms. The third-order valence-electron chi connectivity index (χ3n) is 6.92. The van der Waals surface area contributed by atoms with E-state index in [9.17, 15) is 18.0 Å². The molecule has 2 atom stereocenters. The maximum Gasteiger partial charge on any atom is 0.317 e. The number of halogens is 2. The minimum Gasteiger partial charge on any atom is -0.496 e. The Hall–Kier alpha value is -3.73. The first-order valence-corrected chi connectivity index (χ1v) is 15.3. The monoisotopic (exact) mass is 630 g/mol. The molecule has 222 valence electrons. The Kier molecular flexibility index (Phi) is 9.40. The summed E-state index contributed by atoms with van der Waals surface area (Å²) in [5.41, 5.74) is 3.57. The molecule has 0 aliphatic rings. The molecule has 1 heterocycles. The van der Waals surface area contributed by atoms with Crippen molar-refractivity contribution in [3.05, 3.63) is 93.1 Å². The summed E-state index contributed by atoms with van der Waals surface area (Å²) in [6.07, 6.45) is 0.621. The van der Waals surface area contributed by atoms with Crippen LogP contribution in [-0.2, 0) is 16.4 Å². The number of aromatic amines is 1. The molecule has 4 aromatic rings. The zero-order valence-electron chi connectivity index (χ0n) is 23.8. The smallest absolute Gasteiger partial charge is 0.317 e. The first-order valence-electron chi connectivity index (χ1n) is 13.1. The minimum atomic E-state index is -4.19. The van der Waals surface area contributed by atoms with Gasteiger partial charge in [0, 0.05) is 53.6 Å². The van der Waals surface area contributed by atoms with E-state index in [1.807, 2.05) is 26.0 Å². The van der Waals surface area contributed by atoms with Crippen LogP contribution >= 0.6 is 23.2 Å². The van der Waals surface area contributed by atoms with E-state index in [4.69, 9.17) is 27.9 Å². The van der Waals surface area contributed by atoms with E-state index >= 15 is 0 Å². The van der Waals surface area contributed by atoms with Gasteiger partial charge in [-0.25, -0.2) is 17.9 Å². The lowest BCUT2D eigenvalue weighted by Gasteiger charge is -2.19. The van der Waals surface area contributed by atoms with Crippen molar-refractivity contribution in [1.29, 1.82) is 0 Å². The Morgan fingerprint density at radius 3 is 2.40 bits per heavy atom. The van der Waals surface area contributed by atoms with Crippen LogP contribution in [0.3, 0.4) is 0 Å². The highest BCUT2D eigenvalue weighted by atomic mass is 35.5. The number of nitrogens with zero attached hydrogens (tertiary/aromatic N) is 1. The van der Waals surface area contributed by atoms with Gasteiger partial charge in [0.25, 0.3) is 15.9 Å². The summed E-state index contributed by atoms with van der Waals surface area (Å²) in [4.78, 5) is 29.5. The molecular weight excluding hydrogens is 599 g/mol. The lowest BCUT2D eigenvalue weighted by atomic mass is 9.90. The molecule has 1 aromatic heterocycles. The molecule has 2 unspecified atom stereocenters. The fourth-order valence-electron chi connectivity index (χ4n) is 4.79. The Balaban J connectivity index is 1.62. The quantitative estimate of drug-likeness (QED) is 0.211. The summed E-state index contributed by atoms with van der Waals surface area (Å²) in [7, 11) is 0.673. The van der Waals surface area contributed by atoms with Crippen molar-refractivity contribution in [2.24, 2.45) is 0 Å².